The Morgan fingerprint density at radius 1 is 1.44 bits per heavy atom. The van der Waals surface area contributed by atoms with Gasteiger partial charge in [0.05, 0.1) is 13.2 Å². The molecule has 0 fully saturated rings. The van der Waals surface area contributed by atoms with Crippen LogP contribution in [-0.2, 0) is 6.61 Å². The zero-order valence-electron chi connectivity index (χ0n) is 9.87. The maximum absolute atomic E-state index is 9.12. The molecule has 0 saturated heterocycles. The van der Waals surface area contributed by atoms with Gasteiger partial charge in [-0.3, -0.25) is 0 Å². The molecule has 0 saturated carbocycles. The zero-order chi connectivity index (χ0) is 12.0. The molecule has 0 aromatic heterocycles. The molecule has 1 rings (SSSR count). The van der Waals surface area contributed by atoms with Gasteiger partial charge < -0.3 is 9.84 Å². The van der Waals surface area contributed by atoms with Gasteiger partial charge in [-0.15, -0.1) is 0 Å². The lowest BCUT2D eigenvalue weighted by Gasteiger charge is -2.13. The summed E-state index contributed by atoms with van der Waals surface area (Å²) in [5, 5.41) is 9.12. The third-order valence-electron chi connectivity index (χ3n) is 2.50. The van der Waals surface area contributed by atoms with E-state index in [2.05, 4.69) is 29.8 Å². The molecule has 1 aromatic rings. The van der Waals surface area contributed by atoms with E-state index in [1.54, 1.807) is 0 Å². The lowest BCUT2D eigenvalue weighted by molar-refractivity contribution is 0.249. The highest BCUT2D eigenvalue weighted by molar-refractivity contribution is 9.10. The molecule has 0 spiro atoms. The molecule has 0 bridgehead atoms. The molecule has 0 radical (unpaired) electrons. The molecular formula is C13H19BrO2. The van der Waals surface area contributed by atoms with E-state index in [1.165, 1.54) is 12.8 Å². The maximum Gasteiger partial charge on any atom is 0.119 e. The van der Waals surface area contributed by atoms with E-state index in [1.807, 2.05) is 18.2 Å². The van der Waals surface area contributed by atoms with Gasteiger partial charge in [0, 0.05) is 4.47 Å². The Kier molecular flexibility index (Phi) is 5.85. The quantitative estimate of drug-likeness (QED) is 0.863. The number of aliphatic hydroxyl groups is 1. The van der Waals surface area contributed by atoms with Gasteiger partial charge in [0.15, 0.2) is 0 Å². The van der Waals surface area contributed by atoms with Crippen LogP contribution in [0.25, 0.3) is 0 Å². The Bertz CT molecular complexity index is 326. The molecule has 3 heteroatoms. The molecule has 90 valence electrons. The van der Waals surface area contributed by atoms with Crippen molar-refractivity contribution in [2.24, 2.45) is 5.92 Å². The fourth-order valence-corrected chi connectivity index (χ4v) is 1.95. The van der Waals surface area contributed by atoms with Gasteiger partial charge in [-0.1, -0.05) is 36.2 Å². The van der Waals surface area contributed by atoms with Crippen molar-refractivity contribution in [1.29, 1.82) is 0 Å². The van der Waals surface area contributed by atoms with Crippen molar-refractivity contribution >= 4 is 15.9 Å². The molecule has 1 unspecified atom stereocenters. The molecule has 16 heavy (non-hydrogen) atoms. The van der Waals surface area contributed by atoms with Crippen LogP contribution in [0.3, 0.4) is 0 Å². The second-order valence-corrected chi connectivity index (χ2v) is 4.97. The number of ether oxygens (including phenoxy) is 1. The molecule has 2 nitrogen and oxygen atoms in total. The second kappa shape index (κ2) is 6.92. The van der Waals surface area contributed by atoms with Crippen LogP contribution in [0.5, 0.6) is 5.75 Å². The molecular weight excluding hydrogens is 268 g/mol. The van der Waals surface area contributed by atoms with Crippen molar-refractivity contribution in [3.63, 3.8) is 0 Å². The fraction of sp³-hybridized carbons (Fsp3) is 0.538. The molecule has 0 aliphatic carbocycles. The van der Waals surface area contributed by atoms with Crippen LogP contribution in [0, 0.1) is 5.92 Å². The van der Waals surface area contributed by atoms with Crippen molar-refractivity contribution in [3.8, 4) is 5.75 Å². The lowest BCUT2D eigenvalue weighted by Crippen LogP contribution is -2.08. The summed E-state index contributed by atoms with van der Waals surface area (Å²) in [4.78, 5) is 0. The summed E-state index contributed by atoms with van der Waals surface area (Å²) in [6, 6.07) is 5.70. The summed E-state index contributed by atoms with van der Waals surface area (Å²) in [7, 11) is 0. The first kappa shape index (κ1) is 13.5. The van der Waals surface area contributed by atoms with Crippen LogP contribution in [0.2, 0.25) is 0 Å². The number of rotatable bonds is 6. The summed E-state index contributed by atoms with van der Waals surface area (Å²) >= 11 is 3.38. The summed E-state index contributed by atoms with van der Waals surface area (Å²) in [5.41, 5.74) is 0.862. The summed E-state index contributed by atoms with van der Waals surface area (Å²) < 4.78 is 6.61. The van der Waals surface area contributed by atoms with Crippen molar-refractivity contribution < 1.29 is 9.84 Å². The molecule has 1 N–H and O–H groups in total. The average molecular weight is 287 g/mol. The van der Waals surface area contributed by atoms with E-state index >= 15 is 0 Å². The normalized spacial score (nSPS) is 12.5. The topological polar surface area (TPSA) is 29.5 Å². The van der Waals surface area contributed by atoms with E-state index in [-0.39, 0.29) is 6.61 Å². The second-order valence-electron chi connectivity index (χ2n) is 4.12. The monoisotopic (exact) mass is 286 g/mol. The molecule has 0 aliphatic heterocycles. The van der Waals surface area contributed by atoms with E-state index in [0.717, 1.165) is 22.4 Å². The smallest absolute Gasteiger partial charge is 0.119 e. The average Bonchev–Trinajstić information content (AvgIpc) is 2.28. The van der Waals surface area contributed by atoms with Crippen LogP contribution < -0.4 is 4.74 Å². The Morgan fingerprint density at radius 2 is 2.19 bits per heavy atom. The maximum atomic E-state index is 9.12. The van der Waals surface area contributed by atoms with Gasteiger partial charge in [0.25, 0.3) is 0 Å². The van der Waals surface area contributed by atoms with Crippen LogP contribution in [0.1, 0.15) is 32.3 Å². The van der Waals surface area contributed by atoms with Gasteiger partial charge in [0.2, 0.25) is 0 Å². The highest BCUT2D eigenvalue weighted by atomic mass is 79.9. The van der Waals surface area contributed by atoms with E-state index < -0.39 is 0 Å². The summed E-state index contributed by atoms with van der Waals surface area (Å²) in [6.45, 7) is 5.14. The minimum atomic E-state index is 0.0301. The SMILES string of the molecule is CCCC(C)COc1ccc(Br)c(CO)c1. The number of halogens is 1. The van der Waals surface area contributed by atoms with E-state index in [9.17, 15) is 0 Å². The van der Waals surface area contributed by atoms with Crippen LogP contribution in [0.4, 0.5) is 0 Å². The Balaban J connectivity index is 2.54. The number of aliphatic hydroxyl groups excluding tert-OH is 1. The standard InChI is InChI=1S/C13H19BrO2/c1-3-4-10(2)9-16-12-5-6-13(14)11(7-12)8-15/h5-7,10,15H,3-4,8-9H2,1-2H3. The van der Waals surface area contributed by atoms with Crippen LogP contribution in [0.15, 0.2) is 22.7 Å². The largest absolute Gasteiger partial charge is 0.493 e. The Hall–Kier alpha value is -0.540. The van der Waals surface area contributed by atoms with Crippen molar-refractivity contribution in [3.05, 3.63) is 28.2 Å². The molecule has 0 heterocycles. The van der Waals surface area contributed by atoms with Crippen molar-refractivity contribution in [2.75, 3.05) is 6.61 Å². The van der Waals surface area contributed by atoms with Crippen LogP contribution >= 0.6 is 15.9 Å². The third kappa shape index (κ3) is 4.14. The summed E-state index contributed by atoms with van der Waals surface area (Å²) in [6.07, 6.45) is 2.37. The Morgan fingerprint density at radius 3 is 2.81 bits per heavy atom. The lowest BCUT2D eigenvalue weighted by atomic mass is 10.1. The predicted molar refractivity (Wildman–Crippen MR) is 69.6 cm³/mol. The molecule has 1 aromatic carbocycles. The van der Waals surface area contributed by atoms with Crippen molar-refractivity contribution in [1.82, 2.24) is 0 Å². The number of benzene rings is 1. The Labute approximate surface area is 106 Å². The fourth-order valence-electron chi connectivity index (χ4n) is 1.58. The number of hydrogen-bond donors (Lipinski definition) is 1. The predicted octanol–water partition coefficient (Wildman–Crippen LogP) is 3.76. The van der Waals surface area contributed by atoms with Gasteiger partial charge in [-0.25, -0.2) is 0 Å². The van der Waals surface area contributed by atoms with Gasteiger partial charge in [-0.2, -0.15) is 0 Å². The van der Waals surface area contributed by atoms with Crippen molar-refractivity contribution in [2.45, 2.75) is 33.3 Å². The molecule has 0 amide bonds. The van der Waals surface area contributed by atoms with Gasteiger partial charge in [-0.05, 0) is 36.1 Å². The molecule has 0 aliphatic rings. The first-order valence-electron chi connectivity index (χ1n) is 5.69. The zero-order valence-corrected chi connectivity index (χ0v) is 11.5. The first-order valence-corrected chi connectivity index (χ1v) is 6.48. The highest BCUT2D eigenvalue weighted by Crippen LogP contribution is 2.23. The minimum Gasteiger partial charge on any atom is -0.493 e. The summed E-state index contributed by atoms with van der Waals surface area (Å²) in [5.74, 6) is 1.40. The number of hydrogen-bond acceptors (Lipinski definition) is 2. The highest BCUT2D eigenvalue weighted by Gasteiger charge is 2.04. The van der Waals surface area contributed by atoms with E-state index in [0.29, 0.717) is 5.92 Å². The van der Waals surface area contributed by atoms with Crippen LogP contribution in [-0.4, -0.2) is 11.7 Å². The van der Waals surface area contributed by atoms with E-state index in [4.69, 9.17) is 9.84 Å². The molecule has 1 atom stereocenters. The first-order chi connectivity index (χ1) is 7.67. The third-order valence-corrected chi connectivity index (χ3v) is 3.28. The minimum absolute atomic E-state index is 0.0301. The van der Waals surface area contributed by atoms with Gasteiger partial charge >= 0.3 is 0 Å². The van der Waals surface area contributed by atoms with Gasteiger partial charge in [0.1, 0.15) is 5.75 Å².